The average molecular weight is 306 g/mol. The molecule has 0 radical (unpaired) electrons. The van der Waals surface area contributed by atoms with E-state index in [1.54, 1.807) is 7.11 Å². The Morgan fingerprint density at radius 3 is 2.95 bits per heavy atom. The van der Waals surface area contributed by atoms with Gasteiger partial charge >= 0.3 is 0 Å². The lowest BCUT2D eigenvalue weighted by molar-refractivity contribution is -0.121. The highest BCUT2D eigenvalue weighted by atomic mass is 16.5. The summed E-state index contributed by atoms with van der Waals surface area (Å²) in [5.41, 5.74) is 1.06. The van der Waals surface area contributed by atoms with E-state index in [4.69, 9.17) is 9.47 Å². The van der Waals surface area contributed by atoms with Gasteiger partial charge in [-0.25, -0.2) is 0 Å². The molecule has 1 N–H and O–H groups in total. The van der Waals surface area contributed by atoms with Crippen LogP contribution in [0.15, 0.2) is 18.2 Å². The Balaban J connectivity index is 2.19. The van der Waals surface area contributed by atoms with Crippen LogP contribution in [0.2, 0.25) is 0 Å². The van der Waals surface area contributed by atoms with Gasteiger partial charge in [0.1, 0.15) is 0 Å². The normalized spacial score (nSPS) is 17.5. The number of methoxy groups -OCH3 is 1. The van der Waals surface area contributed by atoms with Gasteiger partial charge in [-0.3, -0.25) is 9.69 Å². The molecule has 0 spiro atoms. The number of hydrogen-bond acceptors (Lipinski definition) is 4. The lowest BCUT2D eigenvalue weighted by Gasteiger charge is -2.23. The number of carbonyl (C=O) groups is 1. The van der Waals surface area contributed by atoms with Crippen molar-refractivity contribution >= 4 is 5.91 Å². The van der Waals surface area contributed by atoms with Crippen molar-refractivity contribution in [1.29, 1.82) is 0 Å². The van der Waals surface area contributed by atoms with Crippen molar-refractivity contribution in [3.63, 3.8) is 0 Å². The summed E-state index contributed by atoms with van der Waals surface area (Å²) in [4.78, 5) is 13.9. The summed E-state index contributed by atoms with van der Waals surface area (Å²) in [7, 11) is 1.65. The van der Waals surface area contributed by atoms with Gasteiger partial charge in [0.05, 0.1) is 19.8 Å². The van der Waals surface area contributed by atoms with Crippen LogP contribution in [0.5, 0.6) is 11.5 Å². The predicted octanol–water partition coefficient (Wildman–Crippen LogP) is 2.19. The topological polar surface area (TPSA) is 50.8 Å². The molecule has 1 aromatic carbocycles. The van der Waals surface area contributed by atoms with E-state index in [1.807, 2.05) is 18.2 Å². The van der Waals surface area contributed by atoms with E-state index in [1.165, 1.54) is 0 Å². The van der Waals surface area contributed by atoms with Crippen molar-refractivity contribution in [3.8, 4) is 11.5 Å². The van der Waals surface area contributed by atoms with E-state index in [0.29, 0.717) is 13.1 Å². The quantitative estimate of drug-likeness (QED) is 0.875. The molecule has 0 aliphatic carbocycles. The first-order valence-electron chi connectivity index (χ1n) is 7.95. The standard InChI is InChI=1S/C17H26N2O3/c1-4-13(2)22-17-14(7-5-8-15(17)21-3)11-19-10-6-9-18-16(20)12-19/h5,7-8,13H,4,6,9-12H2,1-3H3,(H,18,20)/t13-/m1/s1. The summed E-state index contributed by atoms with van der Waals surface area (Å²) < 4.78 is 11.5. The predicted molar refractivity (Wildman–Crippen MR) is 86.3 cm³/mol. The van der Waals surface area contributed by atoms with E-state index in [0.717, 1.165) is 43.0 Å². The maximum absolute atomic E-state index is 11.7. The molecule has 0 bridgehead atoms. The molecule has 5 nitrogen and oxygen atoms in total. The van der Waals surface area contributed by atoms with Crippen LogP contribution in [0.25, 0.3) is 0 Å². The molecule has 22 heavy (non-hydrogen) atoms. The van der Waals surface area contributed by atoms with Gasteiger partial charge < -0.3 is 14.8 Å². The number of nitrogens with zero attached hydrogens (tertiary/aromatic N) is 1. The summed E-state index contributed by atoms with van der Waals surface area (Å²) in [6.45, 7) is 6.92. The van der Waals surface area contributed by atoms with Crippen LogP contribution in [-0.2, 0) is 11.3 Å². The maximum atomic E-state index is 11.7. The van der Waals surface area contributed by atoms with Crippen molar-refractivity contribution in [2.75, 3.05) is 26.7 Å². The zero-order valence-corrected chi connectivity index (χ0v) is 13.7. The van der Waals surface area contributed by atoms with E-state index in [-0.39, 0.29) is 12.0 Å². The minimum Gasteiger partial charge on any atom is -0.493 e. The molecular weight excluding hydrogens is 280 g/mol. The van der Waals surface area contributed by atoms with Crippen LogP contribution in [0.4, 0.5) is 0 Å². The molecule has 1 saturated heterocycles. The zero-order chi connectivity index (χ0) is 15.9. The van der Waals surface area contributed by atoms with Crippen LogP contribution >= 0.6 is 0 Å². The summed E-state index contributed by atoms with van der Waals surface area (Å²) in [5, 5.41) is 2.90. The fourth-order valence-electron chi connectivity index (χ4n) is 2.51. The van der Waals surface area contributed by atoms with Crippen LogP contribution in [0.3, 0.4) is 0 Å². The van der Waals surface area contributed by atoms with E-state index in [2.05, 4.69) is 24.1 Å². The molecule has 1 amide bonds. The van der Waals surface area contributed by atoms with Crippen molar-refractivity contribution in [2.24, 2.45) is 0 Å². The Labute approximate surface area is 132 Å². The van der Waals surface area contributed by atoms with Gasteiger partial charge in [0.25, 0.3) is 0 Å². The zero-order valence-electron chi connectivity index (χ0n) is 13.7. The van der Waals surface area contributed by atoms with Gasteiger partial charge in [-0.05, 0) is 25.8 Å². The van der Waals surface area contributed by atoms with Gasteiger partial charge in [-0.15, -0.1) is 0 Å². The highest BCUT2D eigenvalue weighted by molar-refractivity contribution is 5.78. The molecule has 1 aromatic rings. The van der Waals surface area contributed by atoms with Crippen LogP contribution in [0.1, 0.15) is 32.3 Å². The lowest BCUT2D eigenvalue weighted by atomic mass is 10.1. The second-order valence-corrected chi connectivity index (χ2v) is 5.70. The second-order valence-electron chi connectivity index (χ2n) is 5.70. The second kappa shape index (κ2) is 8.03. The molecule has 1 atom stereocenters. The third kappa shape index (κ3) is 4.37. The minimum atomic E-state index is 0.0878. The lowest BCUT2D eigenvalue weighted by Crippen LogP contribution is -2.32. The Morgan fingerprint density at radius 1 is 1.41 bits per heavy atom. The van der Waals surface area contributed by atoms with Gasteiger partial charge in [0.15, 0.2) is 11.5 Å². The molecule has 2 rings (SSSR count). The first kappa shape index (κ1) is 16.6. The molecule has 0 aromatic heterocycles. The van der Waals surface area contributed by atoms with E-state index >= 15 is 0 Å². The van der Waals surface area contributed by atoms with E-state index < -0.39 is 0 Å². The average Bonchev–Trinajstić information content (AvgIpc) is 2.72. The molecule has 0 saturated carbocycles. The molecule has 1 heterocycles. The van der Waals surface area contributed by atoms with Gasteiger partial charge in [0.2, 0.25) is 5.91 Å². The molecular formula is C17H26N2O3. The van der Waals surface area contributed by atoms with Crippen molar-refractivity contribution in [1.82, 2.24) is 10.2 Å². The molecule has 122 valence electrons. The van der Waals surface area contributed by atoms with Crippen LogP contribution < -0.4 is 14.8 Å². The van der Waals surface area contributed by atoms with Crippen molar-refractivity contribution in [3.05, 3.63) is 23.8 Å². The number of benzene rings is 1. The Hall–Kier alpha value is -1.75. The van der Waals surface area contributed by atoms with Gasteiger partial charge in [0, 0.05) is 25.2 Å². The highest BCUT2D eigenvalue weighted by Gasteiger charge is 2.19. The third-order valence-electron chi connectivity index (χ3n) is 3.91. The van der Waals surface area contributed by atoms with Gasteiger partial charge in [-0.2, -0.15) is 0 Å². The van der Waals surface area contributed by atoms with Crippen molar-refractivity contribution in [2.45, 2.75) is 39.3 Å². The Kier molecular flexibility index (Phi) is 6.07. The first-order valence-corrected chi connectivity index (χ1v) is 7.95. The number of rotatable bonds is 6. The van der Waals surface area contributed by atoms with Crippen molar-refractivity contribution < 1.29 is 14.3 Å². The number of para-hydroxylation sites is 1. The maximum Gasteiger partial charge on any atom is 0.234 e. The minimum absolute atomic E-state index is 0.0878. The first-order chi connectivity index (χ1) is 10.6. The number of nitrogens with one attached hydrogen (secondary N) is 1. The van der Waals surface area contributed by atoms with E-state index in [9.17, 15) is 4.79 Å². The number of hydrogen-bond donors (Lipinski definition) is 1. The Morgan fingerprint density at radius 2 is 2.23 bits per heavy atom. The molecule has 1 aliphatic rings. The number of ether oxygens (including phenoxy) is 2. The molecule has 5 heteroatoms. The van der Waals surface area contributed by atoms with Crippen LogP contribution in [0, 0.1) is 0 Å². The Bertz CT molecular complexity index is 505. The number of carbonyl (C=O) groups excluding carboxylic acids is 1. The summed E-state index contributed by atoms with van der Waals surface area (Å²) in [6, 6.07) is 5.93. The monoisotopic (exact) mass is 306 g/mol. The molecule has 1 fully saturated rings. The summed E-state index contributed by atoms with van der Waals surface area (Å²) in [6.07, 6.45) is 2.03. The third-order valence-corrected chi connectivity index (χ3v) is 3.91. The fraction of sp³-hybridized carbons (Fsp3) is 0.588. The number of amides is 1. The molecule has 0 unspecified atom stereocenters. The largest absolute Gasteiger partial charge is 0.493 e. The fourth-order valence-corrected chi connectivity index (χ4v) is 2.51. The summed E-state index contributed by atoms with van der Waals surface area (Å²) >= 11 is 0. The highest BCUT2D eigenvalue weighted by Crippen LogP contribution is 2.33. The smallest absolute Gasteiger partial charge is 0.234 e. The molecule has 1 aliphatic heterocycles. The van der Waals surface area contributed by atoms with Crippen LogP contribution in [-0.4, -0.2) is 43.7 Å². The van der Waals surface area contributed by atoms with Gasteiger partial charge in [-0.1, -0.05) is 19.1 Å². The summed E-state index contributed by atoms with van der Waals surface area (Å²) in [5.74, 6) is 1.63. The SMILES string of the molecule is CC[C@@H](C)Oc1c(CN2CCCNC(=O)C2)cccc1OC.